The molecule has 0 aromatic rings. The van der Waals surface area contributed by atoms with Crippen LogP contribution in [-0.4, -0.2) is 52.6 Å². The van der Waals surface area contributed by atoms with Crippen LogP contribution >= 0.6 is 24.4 Å². The zero-order chi connectivity index (χ0) is 17.9. The zero-order valence-electron chi connectivity index (χ0n) is 13.9. The summed E-state index contributed by atoms with van der Waals surface area (Å²) >= 11 is 10.6. The third-order valence-electron chi connectivity index (χ3n) is 3.79. The van der Waals surface area contributed by atoms with Crippen LogP contribution in [0.4, 0.5) is 0 Å². The Morgan fingerprint density at radius 2 is 1.62 bits per heavy atom. The minimum Gasteiger partial charge on any atom is -0.279 e. The van der Waals surface area contributed by atoms with Gasteiger partial charge in [-0.3, -0.25) is 15.2 Å². The zero-order valence-corrected chi connectivity index (χ0v) is 16.4. The number of hydrogen-bond donors (Lipinski definition) is 2. The fraction of sp³-hybridized carbons (Fsp3) is 0.786. The van der Waals surface area contributed by atoms with Gasteiger partial charge in [0.2, 0.25) is 0 Å². The molecule has 0 bridgehead atoms. The van der Waals surface area contributed by atoms with Crippen LogP contribution in [0.3, 0.4) is 0 Å². The highest BCUT2D eigenvalue weighted by Crippen LogP contribution is 2.33. The maximum atomic E-state index is 12.6. The van der Waals surface area contributed by atoms with Gasteiger partial charge in [-0.25, -0.2) is 13.8 Å². The number of hydrogen-bond acceptors (Lipinski definition) is 6. The first-order valence-electron chi connectivity index (χ1n) is 8.21. The first kappa shape index (κ1) is 19.5. The summed E-state index contributed by atoms with van der Waals surface area (Å²) in [5.74, 6) is -0.859. The lowest BCUT2D eigenvalue weighted by atomic mass is 10.4. The average Bonchev–Trinajstić information content (AvgIpc) is 3.40. The lowest BCUT2D eigenvalue weighted by Gasteiger charge is -2.27. The van der Waals surface area contributed by atoms with Crippen molar-refractivity contribution < 1.29 is 13.2 Å². The largest absolute Gasteiger partial charge is 0.279 e. The molecular weight excluding hydrogens is 368 g/mol. The molecule has 24 heavy (non-hydrogen) atoms. The van der Waals surface area contributed by atoms with E-state index in [1.54, 1.807) is 11.9 Å². The minimum atomic E-state index is -3.87. The second-order valence-corrected chi connectivity index (χ2v) is 8.69. The van der Waals surface area contributed by atoms with Gasteiger partial charge in [0.15, 0.2) is 5.75 Å². The standard InChI is InChI=1S/C14H24N4O3S3/c1-3-15-18(14(23)11-7-8-11)24(20,21)9-12(19)16-17(4-2)13(22)10-5-6-10/h10-11,15H,3-9H2,1-2H3,(H,16,19). The molecule has 0 aliphatic heterocycles. The molecule has 0 heterocycles. The highest BCUT2D eigenvalue weighted by atomic mass is 32.2. The van der Waals surface area contributed by atoms with E-state index in [0.29, 0.717) is 29.0 Å². The van der Waals surface area contributed by atoms with E-state index >= 15 is 0 Å². The number of nitrogens with one attached hydrogen (secondary N) is 2. The number of rotatable bonds is 8. The Bertz CT molecular complexity index is 615. The highest BCUT2D eigenvalue weighted by molar-refractivity contribution is 7.92. The third kappa shape index (κ3) is 5.08. The summed E-state index contributed by atoms with van der Waals surface area (Å²) in [4.78, 5) is 13.2. The van der Waals surface area contributed by atoms with Crippen molar-refractivity contribution in [2.45, 2.75) is 39.5 Å². The van der Waals surface area contributed by atoms with E-state index in [2.05, 4.69) is 10.9 Å². The number of amides is 1. The van der Waals surface area contributed by atoms with Crippen molar-refractivity contribution in [1.29, 1.82) is 0 Å². The van der Waals surface area contributed by atoms with Gasteiger partial charge in [-0.2, -0.15) is 4.41 Å². The van der Waals surface area contributed by atoms with Crippen molar-refractivity contribution in [1.82, 2.24) is 20.3 Å². The van der Waals surface area contributed by atoms with Crippen LogP contribution in [-0.2, 0) is 14.8 Å². The molecule has 0 atom stereocenters. The number of nitrogens with zero attached hydrogens (tertiary/aromatic N) is 2. The van der Waals surface area contributed by atoms with Crippen LogP contribution in [0.25, 0.3) is 0 Å². The lowest BCUT2D eigenvalue weighted by molar-refractivity contribution is -0.121. The first-order valence-corrected chi connectivity index (χ1v) is 10.6. The number of carbonyl (C=O) groups excluding carboxylic acids is 1. The molecule has 0 aromatic carbocycles. The number of sulfonamides is 1. The molecule has 10 heteroatoms. The van der Waals surface area contributed by atoms with Crippen LogP contribution in [0.5, 0.6) is 0 Å². The maximum Gasteiger partial charge on any atom is 0.258 e. The van der Waals surface area contributed by atoms with Crippen LogP contribution < -0.4 is 10.9 Å². The summed E-state index contributed by atoms with van der Waals surface area (Å²) in [5.41, 5.74) is 5.35. The molecule has 0 unspecified atom stereocenters. The van der Waals surface area contributed by atoms with E-state index in [4.69, 9.17) is 24.4 Å². The Morgan fingerprint density at radius 1 is 1.08 bits per heavy atom. The van der Waals surface area contributed by atoms with E-state index in [0.717, 1.165) is 30.1 Å². The van der Waals surface area contributed by atoms with Crippen molar-refractivity contribution >= 4 is 50.3 Å². The molecule has 2 N–H and O–H groups in total. The van der Waals surface area contributed by atoms with Crippen LogP contribution in [0.1, 0.15) is 39.5 Å². The predicted octanol–water partition coefficient (Wildman–Crippen LogP) is 0.971. The molecule has 2 aliphatic carbocycles. The van der Waals surface area contributed by atoms with E-state index < -0.39 is 21.7 Å². The summed E-state index contributed by atoms with van der Waals surface area (Å²) in [6.45, 7) is 4.54. The Labute approximate surface area is 154 Å². The van der Waals surface area contributed by atoms with Gasteiger partial charge in [0.05, 0.1) is 0 Å². The van der Waals surface area contributed by atoms with Gasteiger partial charge in [0.25, 0.3) is 15.9 Å². The van der Waals surface area contributed by atoms with Crippen LogP contribution in [0, 0.1) is 11.8 Å². The molecule has 2 fully saturated rings. The molecule has 1 amide bonds. The molecule has 0 radical (unpaired) electrons. The Morgan fingerprint density at radius 3 is 2.08 bits per heavy atom. The highest BCUT2D eigenvalue weighted by Gasteiger charge is 2.37. The summed E-state index contributed by atoms with van der Waals surface area (Å²) in [6.07, 6.45) is 3.82. The van der Waals surface area contributed by atoms with Crippen LogP contribution in [0.15, 0.2) is 0 Å². The molecule has 2 rings (SSSR count). The normalized spacial score (nSPS) is 17.2. The van der Waals surface area contributed by atoms with Gasteiger partial charge in [-0.15, -0.1) is 0 Å². The van der Waals surface area contributed by atoms with Gasteiger partial charge in [0, 0.05) is 24.9 Å². The van der Waals surface area contributed by atoms with Gasteiger partial charge >= 0.3 is 0 Å². The molecule has 7 nitrogen and oxygen atoms in total. The maximum absolute atomic E-state index is 12.6. The Kier molecular flexibility index (Phi) is 6.52. The molecule has 0 aromatic heterocycles. The Balaban J connectivity index is 1.98. The van der Waals surface area contributed by atoms with Crippen molar-refractivity contribution in [2.75, 3.05) is 18.8 Å². The molecule has 0 spiro atoms. The van der Waals surface area contributed by atoms with E-state index in [9.17, 15) is 13.2 Å². The lowest BCUT2D eigenvalue weighted by Crippen LogP contribution is -2.52. The van der Waals surface area contributed by atoms with Gasteiger partial charge in [-0.1, -0.05) is 31.4 Å². The second kappa shape index (κ2) is 8.03. The fourth-order valence-electron chi connectivity index (χ4n) is 2.21. The summed E-state index contributed by atoms with van der Waals surface area (Å²) in [6, 6.07) is 0. The molecular formula is C14H24N4O3S3. The summed E-state index contributed by atoms with van der Waals surface area (Å²) < 4.78 is 26.1. The number of hydrazine groups is 2. The summed E-state index contributed by atoms with van der Waals surface area (Å²) in [5, 5.41) is 1.56. The SMILES string of the molecule is CCNN(C(=S)C1CC1)S(=O)(=O)CC(=O)NN(CC)C(=S)C1CC1. The second-order valence-electron chi connectivity index (χ2n) is 6.04. The fourth-order valence-corrected chi connectivity index (χ4v) is 4.53. The molecule has 2 aliphatic rings. The average molecular weight is 393 g/mol. The van der Waals surface area contributed by atoms with Crippen molar-refractivity contribution in [3.63, 3.8) is 0 Å². The first-order chi connectivity index (χ1) is 11.3. The predicted molar refractivity (Wildman–Crippen MR) is 100 cm³/mol. The number of carbonyl (C=O) groups is 1. The van der Waals surface area contributed by atoms with E-state index in [-0.39, 0.29) is 5.92 Å². The van der Waals surface area contributed by atoms with Crippen molar-refractivity contribution in [3.8, 4) is 0 Å². The van der Waals surface area contributed by atoms with Crippen molar-refractivity contribution in [2.24, 2.45) is 11.8 Å². The van der Waals surface area contributed by atoms with E-state index in [1.165, 1.54) is 0 Å². The van der Waals surface area contributed by atoms with Gasteiger partial charge in [-0.05, 0) is 32.6 Å². The topological polar surface area (TPSA) is 81.8 Å². The monoisotopic (exact) mass is 392 g/mol. The quantitative estimate of drug-likeness (QED) is 0.470. The molecule has 2 saturated carbocycles. The molecule has 136 valence electrons. The summed E-state index contributed by atoms with van der Waals surface area (Å²) in [7, 11) is -3.87. The number of thiocarbonyl (C=S) groups is 2. The third-order valence-corrected chi connectivity index (χ3v) is 6.48. The Hall–Kier alpha value is -0.840. The minimum absolute atomic E-state index is 0.103. The van der Waals surface area contributed by atoms with Crippen LogP contribution in [0.2, 0.25) is 0 Å². The van der Waals surface area contributed by atoms with Gasteiger partial charge < -0.3 is 0 Å². The van der Waals surface area contributed by atoms with E-state index in [1.807, 2.05) is 6.92 Å². The van der Waals surface area contributed by atoms with Crippen molar-refractivity contribution in [3.05, 3.63) is 0 Å². The molecule has 0 saturated heterocycles. The smallest absolute Gasteiger partial charge is 0.258 e. The van der Waals surface area contributed by atoms with Gasteiger partial charge in [0.1, 0.15) is 9.98 Å².